The quantitative estimate of drug-likeness (QED) is 0.599. The van der Waals surface area contributed by atoms with Crippen LogP contribution in [0.4, 0.5) is 5.69 Å². The van der Waals surface area contributed by atoms with Crippen LogP contribution in [0.5, 0.6) is 0 Å². The predicted octanol–water partition coefficient (Wildman–Crippen LogP) is 3.85. The number of nitrogens with one attached hydrogen (secondary N) is 1. The van der Waals surface area contributed by atoms with Gasteiger partial charge in [0.1, 0.15) is 0 Å². The Balaban J connectivity index is 1.11. The summed E-state index contributed by atoms with van der Waals surface area (Å²) >= 11 is 0. The van der Waals surface area contributed by atoms with Crippen molar-refractivity contribution in [1.82, 2.24) is 4.90 Å². The maximum Gasteiger partial charge on any atom is 0.233 e. The van der Waals surface area contributed by atoms with Gasteiger partial charge in [0.25, 0.3) is 0 Å². The summed E-state index contributed by atoms with van der Waals surface area (Å²) in [6.07, 6.45) is 8.56. The van der Waals surface area contributed by atoms with E-state index in [1.54, 1.807) is 4.90 Å². The highest BCUT2D eigenvalue weighted by molar-refractivity contribution is 6.06. The second kappa shape index (κ2) is 6.78. The van der Waals surface area contributed by atoms with Gasteiger partial charge in [0.05, 0.1) is 11.8 Å². The van der Waals surface area contributed by atoms with Gasteiger partial charge in [0, 0.05) is 17.6 Å². The van der Waals surface area contributed by atoms with Gasteiger partial charge in [-0.25, -0.2) is 0 Å². The number of aryl methyl sites for hydroxylation is 2. The molecule has 5 nitrogen and oxygen atoms in total. The molecule has 6 atom stereocenters. The Bertz CT molecular complexity index is 970. The van der Waals surface area contributed by atoms with E-state index in [0.29, 0.717) is 11.8 Å². The summed E-state index contributed by atoms with van der Waals surface area (Å²) in [4.78, 5) is 41.1. The molecule has 6 aliphatic rings. The average Bonchev–Trinajstić information content (AvgIpc) is 3.54. The summed E-state index contributed by atoms with van der Waals surface area (Å²) in [5.74, 6) is 1.75. The third-order valence-electron chi connectivity index (χ3n) is 8.77. The Labute approximate surface area is 183 Å². The molecule has 3 saturated carbocycles. The summed E-state index contributed by atoms with van der Waals surface area (Å²) in [6, 6.07) is 6.01. The van der Waals surface area contributed by atoms with E-state index in [1.807, 2.05) is 26.0 Å². The lowest BCUT2D eigenvalue weighted by atomic mass is 9.63. The summed E-state index contributed by atoms with van der Waals surface area (Å²) in [5.41, 5.74) is 3.12. The predicted molar refractivity (Wildman–Crippen MR) is 117 cm³/mol. The lowest BCUT2D eigenvalue weighted by Crippen LogP contribution is -2.44. The lowest BCUT2D eigenvalue weighted by molar-refractivity contribution is -0.144. The number of anilines is 1. The first-order chi connectivity index (χ1) is 14.9. The highest BCUT2D eigenvalue weighted by atomic mass is 16.2. The molecule has 1 saturated heterocycles. The van der Waals surface area contributed by atoms with Crippen LogP contribution in [0.15, 0.2) is 30.4 Å². The highest BCUT2D eigenvalue weighted by Crippen LogP contribution is 2.65. The van der Waals surface area contributed by atoms with Crippen LogP contribution in [-0.4, -0.2) is 28.7 Å². The molecule has 1 heterocycles. The Hall–Kier alpha value is -2.43. The van der Waals surface area contributed by atoms with Gasteiger partial charge in [-0.2, -0.15) is 0 Å². The van der Waals surface area contributed by atoms with Crippen molar-refractivity contribution in [3.8, 4) is 0 Å². The number of allylic oxidation sites excluding steroid dienone is 2. The van der Waals surface area contributed by atoms with Gasteiger partial charge in [0.15, 0.2) is 0 Å². The zero-order chi connectivity index (χ0) is 21.4. The van der Waals surface area contributed by atoms with E-state index in [0.717, 1.165) is 36.9 Å². The fraction of sp³-hybridized carbons (Fsp3) is 0.577. The molecule has 0 aromatic heterocycles. The van der Waals surface area contributed by atoms with Crippen molar-refractivity contribution in [2.75, 3.05) is 5.32 Å². The molecule has 1 aromatic rings. The first-order valence-electron chi connectivity index (χ1n) is 11.9. The molecule has 1 N–H and O–H groups in total. The maximum atomic E-state index is 13.3. The number of hydrogen-bond acceptors (Lipinski definition) is 3. The Morgan fingerprint density at radius 3 is 2.13 bits per heavy atom. The van der Waals surface area contributed by atoms with Gasteiger partial charge in [-0.05, 0) is 81.3 Å². The third-order valence-corrected chi connectivity index (χ3v) is 8.77. The molecular formula is C26H30N2O3. The van der Waals surface area contributed by atoms with E-state index >= 15 is 0 Å². The number of nitrogens with zero attached hydrogens (tertiary/aromatic N) is 1. The van der Waals surface area contributed by atoms with Crippen LogP contribution < -0.4 is 5.32 Å². The van der Waals surface area contributed by atoms with Crippen molar-refractivity contribution < 1.29 is 14.4 Å². The SMILES string of the molecule is Cc1ccc(NC(=O)C2CCC(N3C(=O)[C@@H]4[C@@H]5C=C[C@H]([C@H]6C[C@H]56)[C@@H]4C3=O)CC2)c(C)c1. The van der Waals surface area contributed by atoms with Crippen LogP contribution >= 0.6 is 0 Å². The van der Waals surface area contributed by atoms with Crippen LogP contribution in [0.2, 0.25) is 0 Å². The molecular weight excluding hydrogens is 388 g/mol. The van der Waals surface area contributed by atoms with Crippen LogP contribution in [-0.2, 0) is 14.4 Å². The summed E-state index contributed by atoms with van der Waals surface area (Å²) in [5, 5.41) is 3.08. The van der Waals surface area contributed by atoms with Gasteiger partial charge in [-0.1, -0.05) is 29.8 Å². The van der Waals surface area contributed by atoms with Crippen molar-refractivity contribution in [2.45, 2.75) is 52.0 Å². The molecule has 5 heteroatoms. The Kier molecular flexibility index (Phi) is 4.22. The standard InChI is InChI=1S/C26H30N2O3/c1-13-3-10-21(14(2)11-13)27-24(29)15-4-6-16(7-5-15)28-25(30)22-17-8-9-18(20-12-19(17)20)23(22)26(28)31/h3,8-11,15-20,22-23H,4-7,12H2,1-2H3,(H,27,29)/t15?,16?,17-,18-,19-,20-,22-,23+/m1/s1. The normalized spacial score (nSPS) is 40.0. The molecule has 0 radical (unpaired) electrons. The van der Waals surface area contributed by atoms with Gasteiger partial charge in [0.2, 0.25) is 17.7 Å². The summed E-state index contributed by atoms with van der Waals surface area (Å²) < 4.78 is 0. The molecule has 0 spiro atoms. The number of likely N-dealkylation sites (tertiary alicyclic amines) is 1. The number of carbonyl (C=O) groups is 3. The summed E-state index contributed by atoms with van der Waals surface area (Å²) in [7, 11) is 0. The molecule has 0 unspecified atom stereocenters. The number of rotatable bonds is 3. The van der Waals surface area contributed by atoms with Crippen LogP contribution in [0.3, 0.4) is 0 Å². The van der Waals surface area contributed by atoms with Crippen molar-refractivity contribution in [3.05, 3.63) is 41.5 Å². The molecule has 7 rings (SSSR count). The number of carbonyl (C=O) groups excluding carboxylic acids is 3. The molecule has 31 heavy (non-hydrogen) atoms. The molecule has 5 aliphatic carbocycles. The van der Waals surface area contributed by atoms with E-state index < -0.39 is 0 Å². The number of amides is 3. The van der Waals surface area contributed by atoms with Crippen molar-refractivity contribution in [1.29, 1.82) is 0 Å². The second-order valence-corrected chi connectivity index (χ2v) is 10.5. The Morgan fingerprint density at radius 1 is 0.935 bits per heavy atom. The summed E-state index contributed by atoms with van der Waals surface area (Å²) in [6.45, 7) is 4.05. The molecule has 1 aliphatic heterocycles. The van der Waals surface area contributed by atoms with Gasteiger partial charge in [-0.3, -0.25) is 19.3 Å². The molecule has 4 fully saturated rings. The monoisotopic (exact) mass is 418 g/mol. The lowest BCUT2D eigenvalue weighted by Gasteiger charge is -2.37. The topological polar surface area (TPSA) is 66.5 Å². The first kappa shape index (κ1) is 19.3. The fourth-order valence-corrected chi connectivity index (χ4v) is 7.12. The van der Waals surface area contributed by atoms with E-state index in [1.165, 1.54) is 12.0 Å². The largest absolute Gasteiger partial charge is 0.326 e. The number of hydrogen-bond donors (Lipinski definition) is 1. The van der Waals surface area contributed by atoms with E-state index in [-0.39, 0.29) is 53.4 Å². The maximum absolute atomic E-state index is 13.3. The van der Waals surface area contributed by atoms with Crippen molar-refractivity contribution >= 4 is 23.4 Å². The third kappa shape index (κ3) is 2.85. The van der Waals surface area contributed by atoms with E-state index in [2.05, 4.69) is 23.5 Å². The minimum absolute atomic E-state index is 0.0357. The van der Waals surface area contributed by atoms with Gasteiger partial charge < -0.3 is 5.32 Å². The van der Waals surface area contributed by atoms with Gasteiger partial charge in [-0.15, -0.1) is 0 Å². The second-order valence-electron chi connectivity index (χ2n) is 10.5. The van der Waals surface area contributed by atoms with Gasteiger partial charge >= 0.3 is 0 Å². The Morgan fingerprint density at radius 2 is 1.55 bits per heavy atom. The average molecular weight is 419 g/mol. The minimum Gasteiger partial charge on any atom is -0.326 e. The number of benzene rings is 1. The van der Waals surface area contributed by atoms with Crippen LogP contribution in [0.25, 0.3) is 0 Å². The first-order valence-corrected chi connectivity index (χ1v) is 11.9. The fourth-order valence-electron chi connectivity index (χ4n) is 7.12. The van der Waals surface area contributed by atoms with Crippen LogP contribution in [0, 0.1) is 55.3 Å². The van der Waals surface area contributed by atoms with Crippen molar-refractivity contribution in [3.63, 3.8) is 0 Å². The van der Waals surface area contributed by atoms with E-state index in [9.17, 15) is 14.4 Å². The molecule has 1 aromatic carbocycles. The zero-order valence-electron chi connectivity index (χ0n) is 18.2. The minimum atomic E-state index is -0.114. The van der Waals surface area contributed by atoms with Crippen LogP contribution in [0.1, 0.15) is 43.2 Å². The smallest absolute Gasteiger partial charge is 0.233 e. The van der Waals surface area contributed by atoms with Crippen molar-refractivity contribution in [2.24, 2.45) is 41.4 Å². The molecule has 162 valence electrons. The highest BCUT2D eigenvalue weighted by Gasteiger charge is 2.67. The van der Waals surface area contributed by atoms with E-state index in [4.69, 9.17) is 0 Å². The zero-order valence-corrected chi connectivity index (χ0v) is 18.2. The number of imide groups is 1. The molecule has 2 bridgehead atoms. The molecule has 3 amide bonds.